The Bertz CT molecular complexity index is 766. The van der Waals surface area contributed by atoms with Crippen LogP contribution in [0, 0.1) is 0 Å². The van der Waals surface area contributed by atoms with Crippen LogP contribution in [0.1, 0.15) is 54.2 Å². The fraction of sp³-hybridized carbons (Fsp3) is 0.435. The molecule has 1 saturated heterocycles. The molecule has 0 unspecified atom stereocenters. The Morgan fingerprint density at radius 2 is 1.82 bits per heavy atom. The standard InChI is InChI=1S/C23H29N3O2/c1-2-18-6-8-19(9-7-18)22(27)10-11-23(28)25-20-12-15-26(16-13-20)17-21-5-3-4-14-24-21/h3-9,14,20H,2,10-13,15-17H2,1H3,(H,25,28). The summed E-state index contributed by atoms with van der Waals surface area (Å²) in [7, 11) is 0. The van der Waals surface area contributed by atoms with Crippen molar-refractivity contribution in [3.05, 3.63) is 65.5 Å². The van der Waals surface area contributed by atoms with E-state index in [1.807, 2.05) is 48.7 Å². The number of nitrogens with one attached hydrogen (secondary N) is 1. The molecule has 0 saturated carbocycles. The van der Waals surface area contributed by atoms with Crippen LogP contribution in [0.2, 0.25) is 0 Å². The number of amides is 1. The van der Waals surface area contributed by atoms with Crippen molar-refractivity contribution in [3.63, 3.8) is 0 Å². The van der Waals surface area contributed by atoms with Crippen molar-refractivity contribution in [1.29, 1.82) is 0 Å². The predicted octanol–water partition coefficient (Wildman–Crippen LogP) is 3.39. The van der Waals surface area contributed by atoms with Gasteiger partial charge in [0.2, 0.25) is 5.91 Å². The van der Waals surface area contributed by atoms with E-state index in [0.29, 0.717) is 5.56 Å². The number of carbonyl (C=O) groups excluding carboxylic acids is 2. The molecule has 1 aliphatic rings. The highest BCUT2D eigenvalue weighted by atomic mass is 16.2. The number of carbonyl (C=O) groups is 2. The fourth-order valence-corrected chi connectivity index (χ4v) is 3.55. The van der Waals surface area contributed by atoms with Crippen LogP contribution in [0.4, 0.5) is 0 Å². The minimum Gasteiger partial charge on any atom is -0.353 e. The maximum Gasteiger partial charge on any atom is 0.220 e. The Morgan fingerprint density at radius 3 is 2.46 bits per heavy atom. The van der Waals surface area contributed by atoms with E-state index in [1.54, 1.807) is 0 Å². The lowest BCUT2D eigenvalue weighted by molar-refractivity contribution is -0.122. The lowest BCUT2D eigenvalue weighted by Gasteiger charge is -2.32. The molecule has 0 spiro atoms. The summed E-state index contributed by atoms with van der Waals surface area (Å²) < 4.78 is 0. The van der Waals surface area contributed by atoms with Gasteiger partial charge in [-0.25, -0.2) is 0 Å². The molecule has 1 amide bonds. The summed E-state index contributed by atoms with van der Waals surface area (Å²) in [6.45, 7) is 4.84. The molecule has 5 heteroatoms. The van der Waals surface area contributed by atoms with Crippen molar-refractivity contribution in [2.75, 3.05) is 13.1 Å². The Balaban J connectivity index is 1.36. The van der Waals surface area contributed by atoms with E-state index in [2.05, 4.69) is 22.1 Å². The molecule has 28 heavy (non-hydrogen) atoms. The fourth-order valence-electron chi connectivity index (χ4n) is 3.55. The van der Waals surface area contributed by atoms with E-state index < -0.39 is 0 Å². The molecule has 0 aliphatic carbocycles. The van der Waals surface area contributed by atoms with Crippen molar-refractivity contribution < 1.29 is 9.59 Å². The number of rotatable bonds is 8. The number of pyridine rings is 1. The van der Waals surface area contributed by atoms with Crippen LogP contribution in [-0.4, -0.2) is 40.7 Å². The molecule has 3 rings (SSSR count). The van der Waals surface area contributed by atoms with Crippen LogP contribution >= 0.6 is 0 Å². The first-order valence-corrected chi connectivity index (χ1v) is 10.2. The highest BCUT2D eigenvalue weighted by Gasteiger charge is 2.21. The third-order valence-electron chi connectivity index (χ3n) is 5.33. The summed E-state index contributed by atoms with van der Waals surface area (Å²) in [5.41, 5.74) is 2.98. The molecular formula is C23H29N3O2. The third kappa shape index (κ3) is 5.99. The number of ketones is 1. The van der Waals surface area contributed by atoms with Gasteiger partial charge in [-0.15, -0.1) is 0 Å². The number of nitrogens with zero attached hydrogens (tertiary/aromatic N) is 2. The average molecular weight is 380 g/mol. The summed E-state index contributed by atoms with van der Waals surface area (Å²) in [6.07, 6.45) is 5.16. The lowest BCUT2D eigenvalue weighted by Crippen LogP contribution is -2.44. The number of aryl methyl sites for hydroxylation is 1. The third-order valence-corrected chi connectivity index (χ3v) is 5.33. The number of piperidine rings is 1. The van der Waals surface area contributed by atoms with Crippen molar-refractivity contribution >= 4 is 11.7 Å². The van der Waals surface area contributed by atoms with Gasteiger partial charge in [0.25, 0.3) is 0 Å². The second-order valence-electron chi connectivity index (χ2n) is 7.41. The van der Waals surface area contributed by atoms with Gasteiger partial charge in [0, 0.05) is 50.3 Å². The molecule has 0 radical (unpaired) electrons. The van der Waals surface area contributed by atoms with Gasteiger partial charge in [0.1, 0.15) is 0 Å². The van der Waals surface area contributed by atoms with Crippen LogP contribution in [-0.2, 0) is 17.8 Å². The topological polar surface area (TPSA) is 62.3 Å². The lowest BCUT2D eigenvalue weighted by atomic mass is 10.0. The van der Waals surface area contributed by atoms with E-state index in [9.17, 15) is 9.59 Å². The van der Waals surface area contributed by atoms with Crippen LogP contribution in [0.15, 0.2) is 48.7 Å². The minimum absolute atomic E-state index is 0.0262. The largest absolute Gasteiger partial charge is 0.353 e. The molecule has 1 aliphatic heterocycles. The maximum atomic E-state index is 12.3. The molecule has 148 valence electrons. The maximum absolute atomic E-state index is 12.3. The minimum atomic E-state index is -0.0262. The molecule has 2 heterocycles. The van der Waals surface area contributed by atoms with Crippen LogP contribution in [0.5, 0.6) is 0 Å². The van der Waals surface area contributed by atoms with Gasteiger partial charge in [-0.2, -0.15) is 0 Å². The van der Waals surface area contributed by atoms with Crippen LogP contribution in [0.3, 0.4) is 0 Å². The Hall–Kier alpha value is -2.53. The Kier molecular flexibility index (Phi) is 7.31. The molecule has 1 aromatic heterocycles. The number of aromatic nitrogens is 1. The molecule has 0 bridgehead atoms. The first-order valence-electron chi connectivity index (χ1n) is 10.2. The first kappa shape index (κ1) is 20.2. The van der Waals surface area contributed by atoms with Gasteiger partial charge in [-0.05, 0) is 37.0 Å². The van der Waals surface area contributed by atoms with Gasteiger partial charge in [-0.1, -0.05) is 37.3 Å². The molecule has 1 fully saturated rings. The quantitative estimate of drug-likeness (QED) is 0.714. The summed E-state index contributed by atoms with van der Waals surface area (Å²) in [5.74, 6) is 0.00434. The normalized spacial score (nSPS) is 15.3. The number of Topliss-reactive ketones (excluding diaryl/α,β-unsaturated/α-hetero) is 1. The second-order valence-corrected chi connectivity index (χ2v) is 7.41. The smallest absolute Gasteiger partial charge is 0.220 e. The van der Waals surface area contributed by atoms with Crippen LogP contribution < -0.4 is 5.32 Å². The van der Waals surface area contributed by atoms with Gasteiger partial charge in [-0.3, -0.25) is 19.5 Å². The van der Waals surface area contributed by atoms with E-state index in [4.69, 9.17) is 0 Å². The molecule has 0 atom stereocenters. The van der Waals surface area contributed by atoms with E-state index >= 15 is 0 Å². The average Bonchev–Trinajstić information content (AvgIpc) is 2.74. The van der Waals surface area contributed by atoms with Gasteiger partial charge >= 0.3 is 0 Å². The Morgan fingerprint density at radius 1 is 1.07 bits per heavy atom. The molecule has 5 nitrogen and oxygen atoms in total. The van der Waals surface area contributed by atoms with Crippen molar-refractivity contribution in [3.8, 4) is 0 Å². The molecule has 1 aromatic carbocycles. The zero-order valence-electron chi connectivity index (χ0n) is 16.6. The highest BCUT2D eigenvalue weighted by Crippen LogP contribution is 2.14. The summed E-state index contributed by atoms with van der Waals surface area (Å²) in [6, 6.07) is 13.8. The number of hydrogen-bond donors (Lipinski definition) is 1. The molecule has 1 N–H and O–H groups in total. The zero-order valence-corrected chi connectivity index (χ0v) is 16.6. The zero-order chi connectivity index (χ0) is 19.8. The number of likely N-dealkylation sites (tertiary alicyclic amines) is 1. The first-order chi connectivity index (χ1) is 13.6. The van der Waals surface area contributed by atoms with E-state index in [0.717, 1.165) is 44.6 Å². The van der Waals surface area contributed by atoms with Gasteiger partial charge < -0.3 is 5.32 Å². The number of hydrogen-bond acceptors (Lipinski definition) is 4. The predicted molar refractivity (Wildman–Crippen MR) is 110 cm³/mol. The van der Waals surface area contributed by atoms with Gasteiger partial charge in [0.05, 0.1) is 5.69 Å². The molecular weight excluding hydrogens is 350 g/mol. The van der Waals surface area contributed by atoms with E-state index in [-0.39, 0.29) is 30.6 Å². The summed E-state index contributed by atoms with van der Waals surface area (Å²) >= 11 is 0. The number of benzene rings is 1. The monoisotopic (exact) mass is 379 g/mol. The highest BCUT2D eigenvalue weighted by molar-refractivity contribution is 5.98. The van der Waals surface area contributed by atoms with Crippen LogP contribution in [0.25, 0.3) is 0 Å². The molecule has 2 aromatic rings. The second kappa shape index (κ2) is 10.1. The van der Waals surface area contributed by atoms with Gasteiger partial charge in [0.15, 0.2) is 5.78 Å². The SMILES string of the molecule is CCc1ccc(C(=O)CCC(=O)NC2CCN(Cc3ccccn3)CC2)cc1. The van der Waals surface area contributed by atoms with E-state index in [1.165, 1.54) is 5.56 Å². The van der Waals surface area contributed by atoms with Crippen molar-refractivity contribution in [2.24, 2.45) is 0 Å². The van der Waals surface area contributed by atoms with Crippen molar-refractivity contribution in [2.45, 2.75) is 51.6 Å². The Labute approximate surface area is 167 Å². The summed E-state index contributed by atoms with van der Waals surface area (Å²) in [5, 5.41) is 3.09. The summed E-state index contributed by atoms with van der Waals surface area (Å²) in [4.78, 5) is 31.2. The van der Waals surface area contributed by atoms with Crippen molar-refractivity contribution in [1.82, 2.24) is 15.2 Å².